The third-order valence-corrected chi connectivity index (χ3v) is 2.99. The average molecular weight is 286 g/mol. The molecule has 1 aromatic carbocycles. The van der Waals surface area contributed by atoms with E-state index in [9.17, 15) is 4.79 Å². The second kappa shape index (κ2) is 8.91. The van der Waals surface area contributed by atoms with Crippen LogP contribution in [0.4, 0.5) is 0 Å². The largest absolute Gasteiger partial charge is 0.355 e. The van der Waals surface area contributed by atoms with Crippen LogP contribution >= 0.6 is 12.4 Å². The smallest absolute Gasteiger partial charge is 0.224 e. The summed E-state index contributed by atoms with van der Waals surface area (Å²) >= 11 is 0. The van der Waals surface area contributed by atoms with Gasteiger partial charge in [-0.3, -0.25) is 4.79 Å². The molecule has 4 nitrogen and oxygen atoms in total. The Hall–Kier alpha value is -1.10. The molecule has 1 amide bonds. The van der Waals surface area contributed by atoms with Gasteiger partial charge in [-0.25, -0.2) is 0 Å². The molecule has 0 bridgehead atoms. The van der Waals surface area contributed by atoms with Crippen LogP contribution in [0.3, 0.4) is 0 Å². The Labute approximate surface area is 121 Å². The number of amides is 1. The number of likely N-dealkylation sites (N-methyl/N-ethyl adjacent to an activating group) is 1. The van der Waals surface area contributed by atoms with E-state index in [1.54, 1.807) is 0 Å². The molecule has 0 aliphatic rings. The minimum atomic E-state index is -0.259. The molecule has 3 N–H and O–H groups in total. The normalized spacial score (nSPS) is 13.5. The van der Waals surface area contributed by atoms with Crippen LogP contribution in [0, 0.1) is 5.92 Å². The van der Waals surface area contributed by atoms with Crippen LogP contribution in [0.15, 0.2) is 30.3 Å². The van der Waals surface area contributed by atoms with E-state index in [1.807, 2.05) is 56.3 Å². The van der Waals surface area contributed by atoms with E-state index < -0.39 is 0 Å². The zero-order valence-electron chi connectivity index (χ0n) is 11.8. The Morgan fingerprint density at radius 3 is 2.42 bits per heavy atom. The average Bonchev–Trinajstić information content (AvgIpc) is 2.37. The minimum Gasteiger partial charge on any atom is -0.355 e. The summed E-state index contributed by atoms with van der Waals surface area (Å²) in [6, 6.07) is 9.46. The van der Waals surface area contributed by atoms with Gasteiger partial charge in [0.15, 0.2) is 0 Å². The number of rotatable bonds is 6. The fourth-order valence-electron chi connectivity index (χ4n) is 1.69. The second-order valence-electron chi connectivity index (χ2n) is 4.82. The van der Waals surface area contributed by atoms with Crippen LogP contribution in [-0.4, -0.2) is 38.0 Å². The molecule has 0 spiro atoms. The van der Waals surface area contributed by atoms with Crippen molar-refractivity contribution >= 4 is 18.3 Å². The highest BCUT2D eigenvalue weighted by atomic mass is 35.5. The highest BCUT2D eigenvalue weighted by Crippen LogP contribution is 2.18. The maximum atomic E-state index is 11.9. The summed E-state index contributed by atoms with van der Waals surface area (Å²) in [5, 5.41) is 2.90. The predicted octanol–water partition coefficient (Wildman–Crippen LogP) is 1.42. The van der Waals surface area contributed by atoms with Crippen LogP contribution in [-0.2, 0) is 4.79 Å². The van der Waals surface area contributed by atoms with E-state index in [4.69, 9.17) is 5.73 Å². The zero-order chi connectivity index (χ0) is 13.5. The van der Waals surface area contributed by atoms with Gasteiger partial charge in [-0.1, -0.05) is 37.3 Å². The highest BCUT2D eigenvalue weighted by Gasteiger charge is 2.21. The summed E-state index contributed by atoms with van der Waals surface area (Å²) in [5.74, 6) is -0.220. The molecule has 2 unspecified atom stereocenters. The number of hydrogen-bond donors (Lipinski definition) is 2. The fraction of sp³-hybridized carbons (Fsp3) is 0.500. The lowest BCUT2D eigenvalue weighted by Gasteiger charge is -2.20. The number of halogens is 1. The molecule has 0 aliphatic carbocycles. The Kier molecular flexibility index (Phi) is 8.39. The number of nitrogens with zero attached hydrogens (tertiary/aromatic N) is 1. The molecule has 0 saturated heterocycles. The van der Waals surface area contributed by atoms with Crippen LogP contribution in [0.2, 0.25) is 0 Å². The quantitative estimate of drug-likeness (QED) is 0.831. The lowest BCUT2D eigenvalue weighted by Crippen LogP contribution is -2.38. The first kappa shape index (κ1) is 17.9. The number of nitrogens with one attached hydrogen (secondary N) is 1. The summed E-state index contributed by atoms with van der Waals surface area (Å²) in [5.41, 5.74) is 7.09. The summed E-state index contributed by atoms with van der Waals surface area (Å²) in [4.78, 5) is 14.0. The molecule has 0 fully saturated rings. The van der Waals surface area contributed by atoms with Gasteiger partial charge in [0.05, 0.1) is 5.92 Å². The standard InChI is InChI=1S/C14H23N3O.ClH/c1-11(14(18)16-9-10-17(2)3)13(15)12-7-5-4-6-8-12;/h4-8,11,13H,9-10,15H2,1-3H3,(H,16,18);1H. The molecule has 0 radical (unpaired) electrons. The first-order chi connectivity index (χ1) is 8.52. The lowest BCUT2D eigenvalue weighted by atomic mass is 9.95. The maximum Gasteiger partial charge on any atom is 0.224 e. The van der Waals surface area contributed by atoms with Crippen molar-refractivity contribution in [2.45, 2.75) is 13.0 Å². The second-order valence-corrected chi connectivity index (χ2v) is 4.82. The zero-order valence-corrected chi connectivity index (χ0v) is 12.6. The molecule has 1 aromatic rings. The maximum absolute atomic E-state index is 11.9. The predicted molar refractivity (Wildman–Crippen MR) is 81.3 cm³/mol. The van der Waals surface area contributed by atoms with Crippen molar-refractivity contribution in [2.75, 3.05) is 27.2 Å². The van der Waals surface area contributed by atoms with E-state index in [0.717, 1.165) is 12.1 Å². The van der Waals surface area contributed by atoms with Gasteiger partial charge in [-0.2, -0.15) is 0 Å². The fourth-order valence-corrected chi connectivity index (χ4v) is 1.69. The van der Waals surface area contributed by atoms with Gasteiger partial charge in [-0.15, -0.1) is 12.4 Å². The SMILES string of the molecule is CC(C(=O)NCCN(C)C)C(N)c1ccccc1.Cl. The topological polar surface area (TPSA) is 58.4 Å². The van der Waals surface area contributed by atoms with E-state index >= 15 is 0 Å². The van der Waals surface area contributed by atoms with Gasteiger partial charge < -0.3 is 16.0 Å². The van der Waals surface area contributed by atoms with Gasteiger partial charge in [0.2, 0.25) is 5.91 Å². The summed E-state index contributed by atoms with van der Waals surface area (Å²) in [6.07, 6.45) is 0. The van der Waals surface area contributed by atoms with Crippen molar-refractivity contribution in [3.8, 4) is 0 Å². The third kappa shape index (κ3) is 6.05. The van der Waals surface area contributed by atoms with Crippen molar-refractivity contribution in [2.24, 2.45) is 11.7 Å². The highest BCUT2D eigenvalue weighted by molar-refractivity contribution is 5.85. The lowest BCUT2D eigenvalue weighted by molar-refractivity contribution is -0.125. The molecule has 19 heavy (non-hydrogen) atoms. The van der Waals surface area contributed by atoms with Crippen molar-refractivity contribution in [1.82, 2.24) is 10.2 Å². The number of hydrogen-bond acceptors (Lipinski definition) is 3. The summed E-state index contributed by atoms with van der Waals surface area (Å²) in [6.45, 7) is 3.35. The van der Waals surface area contributed by atoms with Gasteiger partial charge in [0.25, 0.3) is 0 Å². The van der Waals surface area contributed by atoms with Crippen molar-refractivity contribution in [3.63, 3.8) is 0 Å². The van der Waals surface area contributed by atoms with Gasteiger partial charge in [-0.05, 0) is 19.7 Å². The van der Waals surface area contributed by atoms with Crippen LogP contribution in [0.25, 0.3) is 0 Å². The number of carbonyl (C=O) groups excluding carboxylic acids is 1. The number of nitrogens with two attached hydrogens (primary N) is 1. The molecular weight excluding hydrogens is 262 g/mol. The monoisotopic (exact) mass is 285 g/mol. The molecule has 108 valence electrons. The molecule has 5 heteroatoms. The van der Waals surface area contributed by atoms with E-state index in [0.29, 0.717) is 6.54 Å². The number of carbonyl (C=O) groups is 1. The van der Waals surface area contributed by atoms with E-state index in [2.05, 4.69) is 5.32 Å². The van der Waals surface area contributed by atoms with Crippen molar-refractivity contribution in [3.05, 3.63) is 35.9 Å². The van der Waals surface area contributed by atoms with Crippen molar-refractivity contribution in [1.29, 1.82) is 0 Å². The Morgan fingerprint density at radius 1 is 1.32 bits per heavy atom. The molecule has 0 aromatic heterocycles. The van der Waals surface area contributed by atoms with Gasteiger partial charge in [0, 0.05) is 19.1 Å². The molecule has 0 heterocycles. The minimum absolute atomic E-state index is 0. The Morgan fingerprint density at radius 2 is 1.89 bits per heavy atom. The summed E-state index contributed by atoms with van der Waals surface area (Å²) < 4.78 is 0. The van der Waals surface area contributed by atoms with E-state index in [-0.39, 0.29) is 30.3 Å². The molecular formula is C14H24ClN3O. The van der Waals surface area contributed by atoms with Crippen LogP contribution in [0.1, 0.15) is 18.5 Å². The van der Waals surface area contributed by atoms with Crippen molar-refractivity contribution < 1.29 is 4.79 Å². The molecule has 0 aliphatic heterocycles. The molecule has 2 atom stereocenters. The molecule has 1 rings (SSSR count). The molecule has 0 saturated carbocycles. The number of benzene rings is 1. The van der Waals surface area contributed by atoms with Crippen LogP contribution < -0.4 is 11.1 Å². The Balaban J connectivity index is 0.00000324. The van der Waals surface area contributed by atoms with Gasteiger partial charge >= 0.3 is 0 Å². The first-order valence-corrected chi connectivity index (χ1v) is 6.25. The van der Waals surface area contributed by atoms with Crippen LogP contribution in [0.5, 0.6) is 0 Å². The summed E-state index contributed by atoms with van der Waals surface area (Å²) in [7, 11) is 3.95. The van der Waals surface area contributed by atoms with Gasteiger partial charge in [0.1, 0.15) is 0 Å². The first-order valence-electron chi connectivity index (χ1n) is 6.25. The Bertz CT molecular complexity index is 370. The third-order valence-electron chi connectivity index (χ3n) is 2.99. The van der Waals surface area contributed by atoms with E-state index in [1.165, 1.54) is 0 Å².